The molecule has 2 N–H and O–H groups in total. The van der Waals surface area contributed by atoms with E-state index in [1.54, 1.807) is 13.8 Å². The van der Waals surface area contributed by atoms with Crippen LogP contribution in [0, 0.1) is 0 Å². The minimum atomic E-state index is -0.695. The van der Waals surface area contributed by atoms with Gasteiger partial charge < -0.3 is 10.0 Å². The van der Waals surface area contributed by atoms with Crippen LogP contribution >= 0.6 is 0 Å². The molecule has 0 radical (unpaired) electrons. The van der Waals surface area contributed by atoms with E-state index in [0.29, 0.717) is 19.5 Å². The van der Waals surface area contributed by atoms with Gasteiger partial charge >= 0.3 is 0 Å². The van der Waals surface area contributed by atoms with Crippen LogP contribution in [0.25, 0.3) is 0 Å². The van der Waals surface area contributed by atoms with E-state index in [1.165, 1.54) is 6.33 Å². The summed E-state index contributed by atoms with van der Waals surface area (Å²) in [6, 6.07) is 7.76. The number of amides is 1. The lowest BCUT2D eigenvalue weighted by molar-refractivity contribution is 0.0625. The van der Waals surface area contributed by atoms with Gasteiger partial charge in [0.25, 0.3) is 5.91 Å². The summed E-state index contributed by atoms with van der Waals surface area (Å²) in [7, 11) is 0. The zero-order chi connectivity index (χ0) is 18.6. The predicted molar refractivity (Wildman–Crippen MR) is 98.6 cm³/mol. The lowest BCUT2D eigenvalue weighted by Crippen LogP contribution is -2.48. The van der Waals surface area contributed by atoms with Crippen LogP contribution < -0.4 is 0 Å². The second-order valence-corrected chi connectivity index (χ2v) is 7.51. The Morgan fingerprint density at radius 2 is 2.04 bits per heavy atom. The average Bonchev–Trinajstić information content (AvgIpc) is 3.13. The first-order valence-corrected chi connectivity index (χ1v) is 9.08. The van der Waals surface area contributed by atoms with Crippen LogP contribution in [0.3, 0.4) is 0 Å². The predicted octanol–water partition coefficient (Wildman–Crippen LogP) is 1.47. The number of rotatable bonds is 6. The van der Waals surface area contributed by atoms with Gasteiger partial charge in [-0.3, -0.25) is 14.8 Å². The van der Waals surface area contributed by atoms with E-state index in [4.69, 9.17) is 0 Å². The summed E-state index contributed by atoms with van der Waals surface area (Å²) in [6.45, 7) is 7.41. The van der Waals surface area contributed by atoms with Gasteiger partial charge in [-0.25, -0.2) is 4.98 Å². The highest BCUT2D eigenvalue weighted by Crippen LogP contribution is 2.16. The number of hydrogen-bond acceptors (Lipinski definition) is 5. The van der Waals surface area contributed by atoms with Crippen LogP contribution in [0.15, 0.2) is 30.6 Å². The number of carbonyl (C=O) groups excluding carboxylic acids is 1. The largest absolute Gasteiger partial charge is 0.390 e. The highest BCUT2D eigenvalue weighted by molar-refractivity contribution is 5.94. The molecule has 2 aromatic rings. The maximum Gasteiger partial charge on any atom is 0.253 e. The highest BCUT2D eigenvalue weighted by Gasteiger charge is 2.23. The van der Waals surface area contributed by atoms with E-state index in [2.05, 4.69) is 20.1 Å². The first kappa shape index (κ1) is 18.5. The monoisotopic (exact) mass is 357 g/mol. The van der Waals surface area contributed by atoms with Gasteiger partial charge in [-0.05, 0) is 44.4 Å². The molecular formula is C19H27N5O2. The number of nitrogens with one attached hydrogen (secondary N) is 1. The van der Waals surface area contributed by atoms with Crippen molar-refractivity contribution >= 4 is 5.91 Å². The van der Waals surface area contributed by atoms with Crippen molar-refractivity contribution in [2.24, 2.45) is 0 Å². The van der Waals surface area contributed by atoms with Gasteiger partial charge in [0.2, 0.25) is 0 Å². The van der Waals surface area contributed by atoms with Gasteiger partial charge in [0.05, 0.1) is 12.1 Å². The van der Waals surface area contributed by atoms with E-state index in [0.717, 1.165) is 43.0 Å². The normalized spacial score (nSPS) is 16.0. The average molecular weight is 357 g/mol. The summed E-state index contributed by atoms with van der Waals surface area (Å²) in [5.41, 5.74) is 1.11. The Morgan fingerprint density at radius 1 is 1.27 bits per heavy atom. The van der Waals surface area contributed by atoms with Crippen molar-refractivity contribution in [1.29, 1.82) is 0 Å². The summed E-state index contributed by atoms with van der Waals surface area (Å²) >= 11 is 0. The van der Waals surface area contributed by atoms with Crippen LogP contribution in [0.4, 0.5) is 0 Å². The Bertz CT molecular complexity index is 716. The van der Waals surface area contributed by atoms with Gasteiger partial charge in [0.1, 0.15) is 12.2 Å². The van der Waals surface area contributed by atoms with Crippen LogP contribution in [-0.4, -0.2) is 67.8 Å². The van der Waals surface area contributed by atoms with E-state index >= 15 is 0 Å². The number of piperazine rings is 1. The lowest BCUT2D eigenvalue weighted by Gasteiger charge is -2.34. The second-order valence-electron chi connectivity index (χ2n) is 7.51. The van der Waals surface area contributed by atoms with Crippen molar-refractivity contribution in [3.05, 3.63) is 47.5 Å². The molecule has 7 nitrogen and oxygen atoms in total. The smallest absolute Gasteiger partial charge is 0.253 e. The van der Waals surface area contributed by atoms with E-state index in [1.807, 2.05) is 29.2 Å². The highest BCUT2D eigenvalue weighted by atomic mass is 16.3. The van der Waals surface area contributed by atoms with Gasteiger partial charge in [-0.15, -0.1) is 0 Å². The number of nitrogens with zero attached hydrogens (tertiary/aromatic N) is 4. The van der Waals surface area contributed by atoms with Crippen LogP contribution in [-0.2, 0) is 13.0 Å². The Balaban J connectivity index is 1.55. The Labute approximate surface area is 154 Å². The molecule has 7 heteroatoms. The maximum atomic E-state index is 12.8. The Morgan fingerprint density at radius 3 is 2.69 bits per heavy atom. The first-order chi connectivity index (χ1) is 12.4. The molecule has 1 fully saturated rings. The maximum absolute atomic E-state index is 12.8. The topological polar surface area (TPSA) is 85.3 Å². The van der Waals surface area contributed by atoms with Gasteiger partial charge in [-0.2, -0.15) is 5.10 Å². The van der Waals surface area contributed by atoms with Gasteiger partial charge in [0, 0.05) is 31.7 Å². The standard InChI is InChI=1S/C19H27N5O2/c1-19(2,26)7-6-15-4-3-5-16(12-15)18(25)24-10-8-23(9-11-24)13-17-20-14-21-22-17/h3-5,12,14,26H,6-11,13H2,1-2H3,(H,20,21,22). The van der Waals surface area contributed by atoms with Crippen molar-refractivity contribution in [1.82, 2.24) is 25.0 Å². The summed E-state index contributed by atoms with van der Waals surface area (Å²) in [6.07, 6.45) is 2.94. The van der Waals surface area contributed by atoms with Crippen LogP contribution in [0.2, 0.25) is 0 Å². The quantitative estimate of drug-likeness (QED) is 0.818. The fourth-order valence-corrected chi connectivity index (χ4v) is 3.12. The third kappa shape index (κ3) is 5.12. The molecule has 2 heterocycles. The van der Waals surface area contributed by atoms with Crippen LogP contribution in [0.1, 0.15) is 42.0 Å². The van der Waals surface area contributed by atoms with Crippen molar-refractivity contribution in [2.45, 2.75) is 38.8 Å². The van der Waals surface area contributed by atoms with Gasteiger partial charge in [-0.1, -0.05) is 12.1 Å². The molecule has 0 spiro atoms. The van der Waals surface area contributed by atoms with Crippen molar-refractivity contribution in [3.8, 4) is 0 Å². The third-order valence-corrected chi connectivity index (χ3v) is 4.70. The number of H-pyrrole nitrogens is 1. The number of aliphatic hydroxyl groups is 1. The molecule has 1 saturated heterocycles. The number of hydrogen-bond donors (Lipinski definition) is 2. The minimum absolute atomic E-state index is 0.0782. The first-order valence-electron chi connectivity index (χ1n) is 9.08. The van der Waals surface area contributed by atoms with Gasteiger partial charge in [0.15, 0.2) is 0 Å². The second kappa shape index (κ2) is 7.97. The third-order valence-electron chi connectivity index (χ3n) is 4.70. The van der Waals surface area contributed by atoms with Crippen LogP contribution in [0.5, 0.6) is 0 Å². The molecule has 1 aromatic carbocycles. The summed E-state index contributed by atoms with van der Waals surface area (Å²) in [4.78, 5) is 21.1. The van der Waals surface area contributed by atoms with E-state index < -0.39 is 5.60 Å². The fourth-order valence-electron chi connectivity index (χ4n) is 3.12. The molecule has 1 aliphatic rings. The molecule has 0 unspecified atom stereocenters. The number of carbonyl (C=O) groups is 1. The van der Waals surface area contributed by atoms with Crippen molar-refractivity contribution < 1.29 is 9.90 Å². The lowest BCUT2D eigenvalue weighted by atomic mass is 9.97. The number of aryl methyl sites for hydroxylation is 1. The van der Waals surface area contributed by atoms with Crippen molar-refractivity contribution in [2.75, 3.05) is 26.2 Å². The zero-order valence-corrected chi connectivity index (χ0v) is 15.5. The zero-order valence-electron chi connectivity index (χ0n) is 15.5. The Kier molecular flexibility index (Phi) is 5.68. The molecule has 0 saturated carbocycles. The summed E-state index contributed by atoms with van der Waals surface area (Å²) in [5.74, 6) is 0.929. The van der Waals surface area contributed by atoms with E-state index in [-0.39, 0.29) is 5.91 Å². The number of benzene rings is 1. The summed E-state index contributed by atoms with van der Waals surface area (Å²) < 4.78 is 0. The molecule has 26 heavy (non-hydrogen) atoms. The molecule has 0 atom stereocenters. The molecule has 1 aromatic heterocycles. The molecular weight excluding hydrogens is 330 g/mol. The Hall–Kier alpha value is -2.25. The van der Waals surface area contributed by atoms with E-state index in [9.17, 15) is 9.90 Å². The van der Waals surface area contributed by atoms with Crippen molar-refractivity contribution in [3.63, 3.8) is 0 Å². The number of aromatic amines is 1. The SMILES string of the molecule is CC(C)(O)CCc1cccc(C(=O)N2CCN(Cc3ncn[nH]3)CC2)c1. The molecule has 3 rings (SSSR count). The number of aromatic nitrogens is 3. The molecule has 0 bridgehead atoms. The molecule has 0 aliphatic carbocycles. The molecule has 140 valence electrons. The fraction of sp³-hybridized carbons (Fsp3) is 0.526. The summed E-state index contributed by atoms with van der Waals surface area (Å²) in [5, 5.41) is 16.6. The molecule has 1 aliphatic heterocycles. The molecule has 1 amide bonds. The minimum Gasteiger partial charge on any atom is -0.390 e.